The lowest BCUT2D eigenvalue weighted by Gasteiger charge is -2.12. The first kappa shape index (κ1) is 20.1. The average molecular weight is 296 g/mol. The van der Waals surface area contributed by atoms with Gasteiger partial charge in [-0.25, -0.2) is 0 Å². The Balaban J connectivity index is 3.43. The Morgan fingerprint density at radius 3 is 1.95 bits per heavy atom. The van der Waals surface area contributed by atoms with Crippen LogP contribution >= 0.6 is 0 Å². The van der Waals surface area contributed by atoms with Crippen LogP contribution in [0.5, 0.6) is 0 Å². The topological polar surface area (TPSA) is 46.2 Å². The molecule has 1 N–H and O–H groups in total. The van der Waals surface area contributed by atoms with Crippen LogP contribution in [0.1, 0.15) is 90.9 Å². The second kappa shape index (κ2) is 14.1. The number of nitrogens with one attached hydrogen (secondary N) is 1. The molecule has 21 heavy (non-hydrogen) atoms. The first-order valence-electron chi connectivity index (χ1n) is 8.73. The van der Waals surface area contributed by atoms with E-state index in [-0.39, 0.29) is 17.7 Å². The molecule has 0 heterocycles. The normalized spacial score (nSPS) is 12.1. The van der Waals surface area contributed by atoms with Gasteiger partial charge in [-0.05, 0) is 19.8 Å². The van der Waals surface area contributed by atoms with E-state index in [1.165, 1.54) is 44.9 Å². The third-order valence-electron chi connectivity index (χ3n) is 3.79. The molecule has 0 fully saturated rings. The number of amides is 1. The molecule has 3 heteroatoms. The molecule has 0 aromatic rings. The van der Waals surface area contributed by atoms with E-state index in [0.717, 1.165) is 12.8 Å². The van der Waals surface area contributed by atoms with Gasteiger partial charge < -0.3 is 5.32 Å². The summed E-state index contributed by atoms with van der Waals surface area (Å²) in [5, 5.41) is 2.77. The van der Waals surface area contributed by atoms with Crippen LogP contribution in [0.2, 0.25) is 0 Å². The zero-order valence-corrected chi connectivity index (χ0v) is 14.1. The smallest absolute Gasteiger partial charge is 0.220 e. The van der Waals surface area contributed by atoms with Crippen LogP contribution in [-0.4, -0.2) is 17.7 Å². The summed E-state index contributed by atoms with van der Waals surface area (Å²) in [6.07, 6.45) is 12.8. The zero-order chi connectivity index (χ0) is 15.9. The number of Topliss-reactive ketones (excluding diaryl/α,β-unsaturated/α-hetero) is 1. The summed E-state index contributed by atoms with van der Waals surface area (Å²) < 4.78 is 0. The third kappa shape index (κ3) is 12.6. The molecule has 0 aliphatic rings. The van der Waals surface area contributed by atoms with Gasteiger partial charge in [0.05, 0.1) is 6.04 Å². The molecule has 1 atom stereocenters. The van der Waals surface area contributed by atoms with Crippen molar-refractivity contribution in [3.8, 4) is 0 Å². The maximum atomic E-state index is 11.7. The molecule has 0 spiro atoms. The highest BCUT2D eigenvalue weighted by molar-refractivity contribution is 5.88. The molecule has 0 aliphatic heterocycles. The number of rotatable bonds is 14. The molecule has 0 rings (SSSR count). The van der Waals surface area contributed by atoms with Crippen molar-refractivity contribution >= 4 is 11.7 Å². The van der Waals surface area contributed by atoms with Crippen molar-refractivity contribution in [3.63, 3.8) is 0 Å². The summed E-state index contributed by atoms with van der Waals surface area (Å²) in [4.78, 5) is 23.2. The number of unbranched alkanes of at least 4 members (excludes halogenated alkanes) is 8. The molecule has 0 aromatic heterocycles. The maximum absolute atomic E-state index is 11.7. The fraction of sp³-hybridized carbons (Fsp3) is 0.833. The van der Waals surface area contributed by atoms with Crippen LogP contribution in [-0.2, 0) is 9.59 Å². The predicted octanol–water partition coefficient (Wildman–Crippen LogP) is 4.60. The molecule has 1 amide bonds. The lowest BCUT2D eigenvalue weighted by atomic mass is 10.1. The standard InChI is InChI=1S/C18H34NO2/c1-4-6-7-8-9-10-11-12-13-15-18(21)19-16(3)17(20)14-5-2/h16H,2,4-15H2,1,3H3,(H,19,21)/t16-/m1/s1. The molecule has 0 bridgehead atoms. The van der Waals surface area contributed by atoms with Gasteiger partial charge in [-0.1, -0.05) is 65.2 Å². The molecule has 0 aromatic carbocycles. The van der Waals surface area contributed by atoms with Gasteiger partial charge in [-0.2, -0.15) is 0 Å². The van der Waals surface area contributed by atoms with Crippen molar-refractivity contribution in [1.82, 2.24) is 5.32 Å². The minimum Gasteiger partial charge on any atom is -0.347 e. The molecule has 3 nitrogen and oxygen atoms in total. The van der Waals surface area contributed by atoms with Gasteiger partial charge in [0, 0.05) is 12.8 Å². The number of carbonyl (C=O) groups is 2. The highest BCUT2D eigenvalue weighted by atomic mass is 16.2. The van der Waals surface area contributed by atoms with E-state index in [4.69, 9.17) is 0 Å². The number of hydrogen-bond donors (Lipinski definition) is 1. The molecule has 0 unspecified atom stereocenters. The monoisotopic (exact) mass is 296 g/mol. The van der Waals surface area contributed by atoms with Crippen molar-refractivity contribution < 1.29 is 9.59 Å². The third-order valence-corrected chi connectivity index (χ3v) is 3.79. The Labute approximate surface area is 131 Å². The molecule has 123 valence electrons. The quantitative estimate of drug-likeness (QED) is 0.476. The van der Waals surface area contributed by atoms with E-state index < -0.39 is 0 Å². The summed E-state index contributed by atoms with van der Waals surface area (Å²) in [6, 6.07) is -0.363. The molecular weight excluding hydrogens is 262 g/mol. The second-order valence-corrected chi connectivity index (χ2v) is 5.94. The van der Waals surface area contributed by atoms with Crippen molar-refractivity contribution in [2.45, 2.75) is 96.9 Å². The first-order chi connectivity index (χ1) is 10.1. The number of ketones is 1. The fourth-order valence-electron chi connectivity index (χ4n) is 2.38. The minimum absolute atomic E-state index is 0.00265. The van der Waals surface area contributed by atoms with E-state index in [9.17, 15) is 9.59 Å². The Bertz CT molecular complexity index is 276. The predicted molar refractivity (Wildman–Crippen MR) is 89.0 cm³/mol. The summed E-state index contributed by atoms with van der Waals surface area (Å²) in [5.74, 6) is 0.0771. The van der Waals surface area contributed by atoms with E-state index in [1.54, 1.807) is 6.92 Å². The number of hydrogen-bond acceptors (Lipinski definition) is 2. The first-order valence-corrected chi connectivity index (χ1v) is 8.73. The average Bonchev–Trinajstić information content (AvgIpc) is 2.45. The maximum Gasteiger partial charge on any atom is 0.220 e. The van der Waals surface area contributed by atoms with Crippen molar-refractivity contribution in [3.05, 3.63) is 6.92 Å². The van der Waals surface area contributed by atoms with Crippen LogP contribution < -0.4 is 5.32 Å². The van der Waals surface area contributed by atoms with Crippen LogP contribution in [0, 0.1) is 6.92 Å². The molecule has 0 saturated carbocycles. The van der Waals surface area contributed by atoms with Crippen molar-refractivity contribution in [2.24, 2.45) is 0 Å². The van der Waals surface area contributed by atoms with E-state index in [1.807, 2.05) is 0 Å². The van der Waals surface area contributed by atoms with Gasteiger partial charge in [0.1, 0.15) is 0 Å². The molecule has 1 radical (unpaired) electrons. The summed E-state index contributed by atoms with van der Waals surface area (Å²) in [7, 11) is 0. The van der Waals surface area contributed by atoms with Crippen LogP contribution in [0.25, 0.3) is 0 Å². The SMILES string of the molecule is [CH2]CCC(=O)[C@@H](C)NC(=O)CCCCCCCCCCC. The summed E-state index contributed by atoms with van der Waals surface area (Å²) in [5.41, 5.74) is 0. The van der Waals surface area contributed by atoms with Gasteiger partial charge in [0.2, 0.25) is 5.91 Å². The Hall–Kier alpha value is -0.860. The highest BCUT2D eigenvalue weighted by Crippen LogP contribution is 2.10. The minimum atomic E-state index is -0.363. The van der Waals surface area contributed by atoms with Gasteiger partial charge in [-0.3, -0.25) is 9.59 Å². The van der Waals surface area contributed by atoms with Crippen LogP contribution in [0.15, 0.2) is 0 Å². The summed E-state index contributed by atoms with van der Waals surface area (Å²) >= 11 is 0. The van der Waals surface area contributed by atoms with E-state index >= 15 is 0 Å². The van der Waals surface area contributed by atoms with Gasteiger partial charge >= 0.3 is 0 Å². The Kier molecular flexibility index (Phi) is 13.5. The Morgan fingerprint density at radius 2 is 1.43 bits per heavy atom. The fourth-order valence-corrected chi connectivity index (χ4v) is 2.38. The van der Waals surface area contributed by atoms with Crippen LogP contribution in [0.3, 0.4) is 0 Å². The lowest BCUT2D eigenvalue weighted by Crippen LogP contribution is -2.38. The Morgan fingerprint density at radius 1 is 0.905 bits per heavy atom. The lowest BCUT2D eigenvalue weighted by molar-refractivity contribution is -0.127. The van der Waals surface area contributed by atoms with Crippen molar-refractivity contribution in [1.29, 1.82) is 0 Å². The zero-order valence-electron chi connectivity index (χ0n) is 14.1. The van der Waals surface area contributed by atoms with Gasteiger partial charge in [0.25, 0.3) is 0 Å². The largest absolute Gasteiger partial charge is 0.347 e. The summed E-state index contributed by atoms with van der Waals surface area (Å²) in [6.45, 7) is 7.65. The highest BCUT2D eigenvalue weighted by Gasteiger charge is 2.13. The number of carbonyl (C=O) groups excluding carboxylic acids is 2. The van der Waals surface area contributed by atoms with Gasteiger partial charge in [0.15, 0.2) is 5.78 Å². The molecular formula is C18H34NO2. The van der Waals surface area contributed by atoms with Crippen molar-refractivity contribution in [2.75, 3.05) is 0 Å². The molecule has 0 aliphatic carbocycles. The van der Waals surface area contributed by atoms with Crippen LogP contribution in [0.4, 0.5) is 0 Å². The van der Waals surface area contributed by atoms with E-state index in [2.05, 4.69) is 19.2 Å². The molecule has 0 saturated heterocycles. The second-order valence-electron chi connectivity index (χ2n) is 5.94. The van der Waals surface area contributed by atoms with Gasteiger partial charge in [-0.15, -0.1) is 0 Å². The van der Waals surface area contributed by atoms with E-state index in [0.29, 0.717) is 19.3 Å².